The molecular formula is C22H46O2Sn. The molecule has 2 atom stereocenters. The van der Waals surface area contributed by atoms with Gasteiger partial charge < -0.3 is 0 Å². The molecule has 0 spiro atoms. The molecule has 0 N–H and O–H groups in total. The molecule has 0 aromatic carbocycles. The van der Waals surface area contributed by atoms with Gasteiger partial charge in [-0.05, 0) is 0 Å². The summed E-state index contributed by atoms with van der Waals surface area (Å²) in [5.74, 6) is 0.827. The van der Waals surface area contributed by atoms with E-state index in [1.165, 1.54) is 70.6 Å². The molecule has 3 heteroatoms. The van der Waals surface area contributed by atoms with Crippen LogP contribution < -0.4 is 0 Å². The molecule has 0 aromatic rings. The topological polar surface area (TPSA) is 18.5 Å². The summed E-state index contributed by atoms with van der Waals surface area (Å²) in [5, 5.41) is 0. The summed E-state index contributed by atoms with van der Waals surface area (Å²) < 4.78 is 17.6. The second-order valence-electron chi connectivity index (χ2n) is 8.43. The van der Waals surface area contributed by atoms with E-state index >= 15 is 0 Å². The Morgan fingerprint density at radius 3 is 1.72 bits per heavy atom. The Balaban J connectivity index is 3.09. The van der Waals surface area contributed by atoms with E-state index in [2.05, 4.69) is 27.7 Å². The molecule has 0 amide bonds. The van der Waals surface area contributed by atoms with Crippen molar-refractivity contribution < 1.29 is 9.47 Å². The minimum atomic E-state index is -2.39. The van der Waals surface area contributed by atoms with Crippen LogP contribution in [0, 0.1) is 5.92 Å². The average Bonchev–Trinajstić information content (AvgIpc) is 2.66. The Bertz CT molecular complexity index is 293. The van der Waals surface area contributed by atoms with Crippen molar-refractivity contribution in [2.75, 3.05) is 7.11 Å². The van der Waals surface area contributed by atoms with Crippen LogP contribution in [0.1, 0.15) is 98.3 Å². The Morgan fingerprint density at radius 2 is 1.32 bits per heavy atom. The SMILES string of the molecule is CCC[CH2][Sn]([CH2]CCC)([CH2]CCC)[CH](OC(C)OC)C1CCCCC1. The Hall–Kier alpha value is 0.719. The van der Waals surface area contributed by atoms with Crippen LogP contribution in [0.25, 0.3) is 0 Å². The third-order valence-electron chi connectivity index (χ3n) is 6.44. The van der Waals surface area contributed by atoms with E-state index < -0.39 is 18.4 Å². The van der Waals surface area contributed by atoms with Gasteiger partial charge in [-0.3, -0.25) is 0 Å². The fourth-order valence-corrected chi connectivity index (χ4v) is 23.7. The van der Waals surface area contributed by atoms with Gasteiger partial charge in [-0.25, -0.2) is 0 Å². The van der Waals surface area contributed by atoms with Gasteiger partial charge in [-0.2, -0.15) is 0 Å². The van der Waals surface area contributed by atoms with E-state index in [4.69, 9.17) is 9.47 Å². The number of methoxy groups -OCH3 is 1. The summed E-state index contributed by atoms with van der Waals surface area (Å²) in [5.41, 5.74) is 0. The standard InChI is InChI=1S/C10H19O2.3C4H9.Sn/c1-9(11-2)12-8-10-6-4-3-5-7-10;3*1-3-4-2;/h8-10H,3-7H2,1-2H3;3*1,3-4H2,2H3;. The number of hydrogen-bond donors (Lipinski definition) is 0. The van der Waals surface area contributed by atoms with E-state index in [0.29, 0.717) is 4.12 Å². The van der Waals surface area contributed by atoms with Gasteiger partial charge in [0.1, 0.15) is 0 Å². The predicted molar refractivity (Wildman–Crippen MR) is 113 cm³/mol. The Labute approximate surface area is 162 Å². The van der Waals surface area contributed by atoms with Crippen LogP contribution >= 0.6 is 0 Å². The van der Waals surface area contributed by atoms with E-state index in [0.717, 1.165) is 5.92 Å². The third-order valence-corrected chi connectivity index (χ3v) is 23.2. The molecule has 2 unspecified atom stereocenters. The molecule has 0 bridgehead atoms. The van der Waals surface area contributed by atoms with Crippen molar-refractivity contribution in [2.24, 2.45) is 5.92 Å². The zero-order chi connectivity index (χ0) is 18.5. The molecule has 1 aliphatic rings. The van der Waals surface area contributed by atoms with Gasteiger partial charge >= 0.3 is 163 Å². The van der Waals surface area contributed by atoms with E-state index in [9.17, 15) is 0 Å². The number of rotatable bonds is 14. The molecule has 0 aliphatic heterocycles. The summed E-state index contributed by atoms with van der Waals surface area (Å²) in [6.07, 6.45) is 15.4. The molecule has 0 heterocycles. The van der Waals surface area contributed by atoms with Crippen molar-refractivity contribution in [2.45, 2.75) is 122 Å². The first kappa shape index (κ1) is 23.8. The van der Waals surface area contributed by atoms with Crippen LogP contribution in [0.4, 0.5) is 0 Å². The fraction of sp³-hybridized carbons (Fsp3) is 1.00. The number of hydrogen-bond acceptors (Lipinski definition) is 2. The second-order valence-corrected chi connectivity index (χ2v) is 22.1. The summed E-state index contributed by atoms with van der Waals surface area (Å²) >= 11 is -2.39. The van der Waals surface area contributed by atoms with Crippen molar-refractivity contribution in [3.05, 3.63) is 0 Å². The van der Waals surface area contributed by atoms with Gasteiger partial charge in [0, 0.05) is 0 Å². The summed E-state index contributed by atoms with van der Waals surface area (Å²) in [4.78, 5) is 0. The van der Waals surface area contributed by atoms with Gasteiger partial charge in [0.25, 0.3) is 0 Å². The van der Waals surface area contributed by atoms with Crippen LogP contribution in [0.3, 0.4) is 0 Å². The summed E-state index contributed by atoms with van der Waals surface area (Å²) in [6, 6.07) is 0. The zero-order valence-electron chi connectivity index (χ0n) is 17.9. The van der Waals surface area contributed by atoms with Gasteiger partial charge in [-0.15, -0.1) is 0 Å². The maximum atomic E-state index is 6.77. The van der Waals surface area contributed by atoms with E-state index in [1.54, 1.807) is 13.3 Å². The van der Waals surface area contributed by atoms with Crippen molar-refractivity contribution in [3.8, 4) is 0 Å². The zero-order valence-corrected chi connectivity index (χ0v) is 20.8. The first-order valence-corrected chi connectivity index (χ1v) is 19.0. The van der Waals surface area contributed by atoms with Crippen LogP contribution in [-0.4, -0.2) is 35.9 Å². The molecule has 1 saturated carbocycles. The van der Waals surface area contributed by atoms with Crippen molar-refractivity contribution in [3.63, 3.8) is 0 Å². The third kappa shape index (κ3) is 8.09. The molecule has 2 nitrogen and oxygen atoms in total. The summed E-state index contributed by atoms with van der Waals surface area (Å²) in [7, 11) is 1.81. The molecule has 1 rings (SSSR count). The molecule has 0 radical (unpaired) electrons. The molecule has 1 aliphatic carbocycles. The molecule has 25 heavy (non-hydrogen) atoms. The van der Waals surface area contributed by atoms with Crippen LogP contribution in [0.15, 0.2) is 0 Å². The predicted octanol–water partition coefficient (Wildman–Crippen LogP) is 7.33. The van der Waals surface area contributed by atoms with Crippen molar-refractivity contribution in [1.29, 1.82) is 0 Å². The molecule has 0 saturated heterocycles. The van der Waals surface area contributed by atoms with Crippen LogP contribution in [0.5, 0.6) is 0 Å². The van der Waals surface area contributed by atoms with Crippen molar-refractivity contribution >= 4 is 18.4 Å². The quantitative estimate of drug-likeness (QED) is 0.199. The van der Waals surface area contributed by atoms with Crippen LogP contribution in [0.2, 0.25) is 13.3 Å². The molecule has 0 aromatic heterocycles. The van der Waals surface area contributed by atoms with Gasteiger partial charge in [0.15, 0.2) is 0 Å². The number of unbranched alkanes of at least 4 members (excludes halogenated alkanes) is 3. The molecule has 1 fully saturated rings. The van der Waals surface area contributed by atoms with Gasteiger partial charge in [0.05, 0.1) is 0 Å². The van der Waals surface area contributed by atoms with Crippen LogP contribution in [-0.2, 0) is 9.47 Å². The molecule has 150 valence electrons. The molecular weight excluding hydrogens is 415 g/mol. The van der Waals surface area contributed by atoms with Gasteiger partial charge in [0.2, 0.25) is 0 Å². The fourth-order valence-electron chi connectivity index (χ4n) is 4.84. The Kier molecular flexibility index (Phi) is 13.1. The first-order chi connectivity index (χ1) is 12.1. The second kappa shape index (κ2) is 13.8. The van der Waals surface area contributed by atoms with E-state index in [1.807, 2.05) is 7.11 Å². The minimum absolute atomic E-state index is 0.0344. The first-order valence-electron chi connectivity index (χ1n) is 11.3. The average molecular weight is 461 g/mol. The maximum absolute atomic E-state index is 6.77. The normalized spacial score (nSPS) is 19.1. The van der Waals surface area contributed by atoms with Crippen molar-refractivity contribution in [1.82, 2.24) is 0 Å². The Morgan fingerprint density at radius 1 is 0.840 bits per heavy atom. The summed E-state index contributed by atoms with van der Waals surface area (Å²) in [6.45, 7) is 9.21. The van der Waals surface area contributed by atoms with Gasteiger partial charge in [-0.1, -0.05) is 0 Å². The van der Waals surface area contributed by atoms with E-state index in [-0.39, 0.29) is 6.29 Å². The number of ether oxygens (including phenoxy) is 2. The monoisotopic (exact) mass is 462 g/mol.